The Morgan fingerprint density at radius 1 is 1.29 bits per heavy atom. The van der Waals surface area contributed by atoms with Crippen LogP contribution in [0.1, 0.15) is 11.1 Å². The number of hydrogen-bond acceptors (Lipinski definition) is 5. The van der Waals surface area contributed by atoms with Crippen LogP contribution in [0.25, 0.3) is 5.82 Å². The zero-order valence-corrected chi connectivity index (χ0v) is 13.4. The van der Waals surface area contributed by atoms with Crippen molar-refractivity contribution < 1.29 is 9.53 Å². The van der Waals surface area contributed by atoms with Crippen LogP contribution in [0, 0.1) is 13.8 Å². The Morgan fingerprint density at radius 3 is 2.96 bits per heavy atom. The van der Waals surface area contributed by atoms with E-state index in [4.69, 9.17) is 4.74 Å². The molecule has 2 heterocycles. The standard InChI is InChI=1S/C17H17N5O2/c1-12-4-3-5-14(13(12)2)24-9-17(23)21-15-8-16(20-10-19-15)22-7-6-18-11-22/h3-8,10-11H,9H2,1-2H3,(H,19,20,21,23). The van der Waals surface area contributed by atoms with Crippen LogP contribution in [0.2, 0.25) is 0 Å². The van der Waals surface area contributed by atoms with Gasteiger partial charge in [-0.1, -0.05) is 12.1 Å². The van der Waals surface area contributed by atoms with E-state index in [1.807, 2.05) is 32.0 Å². The summed E-state index contributed by atoms with van der Waals surface area (Å²) >= 11 is 0. The van der Waals surface area contributed by atoms with Crippen LogP contribution in [0.3, 0.4) is 0 Å². The van der Waals surface area contributed by atoms with Crippen LogP contribution in [0.15, 0.2) is 49.3 Å². The highest BCUT2D eigenvalue weighted by Crippen LogP contribution is 2.20. The van der Waals surface area contributed by atoms with Crippen LogP contribution < -0.4 is 10.1 Å². The number of carbonyl (C=O) groups excluding carboxylic acids is 1. The average molecular weight is 323 g/mol. The Bertz CT molecular complexity index is 846. The van der Waals surface area contributed by atoms with Crippen molar-refractivity contribution in [3.05, 3.63) is 60.4 Å². The van der Waals surface area contributed by atoms with Gasteiger partial charge in [-0.05, 0) is 31.0 Å². The molecule has 24 heavy (non-hydrogen) atoms. The molecule has 0 saturated heterocycles. The Hall–Kier alpha value is -3.22. The van der Waals surface area contributed by atoms with E-state index in [2.05, 4.69) is 20.3 Å². The van der Waals surface area contributed by atoms with E-state index < -0.39 is 0 Å². The van der Waals surface area contributed by atoms with Gasteiger partial charge < -0.3 is 10.1 Å². The fourth-order valence-corrected chi connectivity index (χ4v) is 2.15. The Kier molecular flexibility index (Phi) is 4.51. The number of hydrogen-bond donors (Lipinski definition) is 1. The first-order valence-electron chi connectivity index (χ1n) is 7.43. The van der Waals surface area contributed by atoms with E-state index in [1.165, 1.54) is 6.33 Å². The van der Waals surface area contributed by atoms with Gasteiger partial charge in [0.1, 0.15) is 30.0 Å². The van der Waals surface area contributed by atoms with Crippen molar-refractivity contribution in [3.8, 4) is 11.6 Å². The molecule has 7 nitrogen and oxygen atoms in total. The second kappa shape index (κ2) is 6.91. The van der Waals surface area contributed by atoms with Gasteiger partial charge in [0.15, 0.2) is 6.61 Å². The summed E-state index contributed by atoms with van der Waals surface area (Å²) in [6.07, 6.45) is 6.42. The molecule has 0 aliphatic heterocycles. The number of nitrogens with one attached hydrogen (secondary N) is 1. The van der Waals surface area contributed by atoms with Crippen LogP contribution in [0.4, 0.5) is 5.82 Å². The molecule has 0 atom stereocenters. The van der Waals surface area contributed by atoms with Crippen molar-refractivity contribution in [1.82, 2.24) is 19.5 Å². The van der Waals surface area contributed by atoms with E-state index >= 15 is 0 Å². The minimum atomic E-state index is -0.286. The van der Waals surface area contributed by atoms with E-state index in [0.29, 0.717) is 17.4 Å². The molecule has 7 heteroatoms. The van der Waals surface area contributed by atoms with Crippen LogP contribution in [-0.2, 0) is 4.79 Å². The quantitative estimate of drug-likeness (QED) is 0.779. The van der Waals surface area contributed by atoms with Gasteiger partial charge in [0.2, 0.25) is 0 Å². The number of carbonyl (C=O) groups is 1. The molecule has 1 aromatic carbocycles. The summed E-state index contributed by atoms with van der Waals surface area (Å²) in [4.78, 5) is 24.2. The van der Waals surface area contributed by atoms with Crippen molar-refractivity contribution in [3.63, 3.8) is 0 Å². The SMILES string of the molecule is Cc1cccc(OCC(=O)Nc2cc(-n3ccnc3)ncn2)c1C. The lowest BCUT2D eigenvalue weighted by Gasteiger charge is -2.11. The first-order chi connectivity index (χ1) is 11.6. The third kappa shape index (κ3) is 3.57. The fraction of sp³-hybridized carbons (Fsp3) is 0.176. The largest absolute Gasteiger partial charge is 0.483 e. The highest BCUT2D eigenvalue weighted by molar-refractivity contribution is 5.91. The normalized spacial score (nSPS) is 10.4. The molecule has 3 rings (SSSR count). The molecule has 0 aliphatic rings. The molecule has 0 bridgehead atoms. The van der Waals surface area contributed by atoms with Crippen molar-refractivity contribution in [2.75, 3.05) is 11.9 Å². The number of anilines is 1. The molecule has 2 aromatic heterocycles. The van der Waals surface area contributed by atoms with Gasteiger partial charge in [0.05, 0.1) is 0 Å². The van der Waals surface area contributed by atoms with E-state index in [-0.39, 0.29) is 12.5 Å². The van der Waals surface area contributed by atoms with E-state index in [1.54, 1.807) is 29.4 Å². The van der Waals surface area contributed by atoms with Gasteiger partial charge in [-0.15, -0.1) is 0 Å². The predicted molar refractivity (Wildman–Crippen MR) is 89.2 cm³/mol. The van der Waals surface area contributed by atoms with Gasteiger partial charge in [-0.2, -0.15) is 0 Å². The number of amides is 1. The highest BCUT2D eigenvalue weighted by atomic mass is 16.5. The number of benzene rings is 1. The third-order valence-corrected chi connectivity index (χ3v) is 3.60. The summed E-state index contributed by atoms with van der Waals surface area (Å²) in [7, 11) is 0. The Morgan fingerprint density at radius 2 is 2.17 bits per heavy atom. The van der Waals surface area contributed by atoms with Gasteiger partial charge in [-0.25, -0.2) is 15.0 Å². The molecular formula is C17H17N5O2. The minimum absolute atomic E-state index is 0.0886. The molecule has 0 saturated carbocycles. The molecule has 0 fully saturated rings. The molecule has 1 amide bonds. The molecule has 122 valence electrons. The van der Waals surface area contributed by atoms with E-state index in [0.717, 1.165) is 11.1 Å². The summed E-state index contributed by atoms with van der Waals surface area (Å²) in [5, 5.41) is 2.70. The number of nitrogens with zero attached hydrogens (tertiary/aromatic N) is 4. The summed E-state index contributed by atoms with van der Waals surface area (Å²) < 4.78 is 7.31. The maximum atomic E-state index is 12.1. The zero-order chi connectivity index (χ0) is 16.9. The predicted octanol–water partition coefficient (Wildman–Crippen LogP) is 2.30. The van der Waals surface area contributed by atoms with Gasteiger partial charge in [0.25, 0.3) is 5.91 Å². The zero-order valence-electron chi connectivity index (χ0n) is 13.4. The summed E-state index contributed by atoms with van der Waals surface area (Å²) in [6, 6.07) is 7.41. The molecule has 0 aliphatic carbocycles. The number of aryl methyl sites for hydroxylation is 1. The number of ether oxygens (including phenoxy) is 1. The topological polar surface area (TPSA) is 81.9 Å². The first-order valence-corrected chi connectivity index (χ1v) is 7.43. The maximum absolute atomic E-state index is 12.1. The lowest BCUT2D eigenvalue weighted by Crippen LogP contribution is -2.21. The highest BCUT2D eigenvalue weighted by Gasteiger charge is 2.08. The van der Waals surface area contributed by atoms with Gasteiger partial charge >= 0.3 is 0 Å². The summed E-state index contributed by atoms with van der Waals surface area (Å²) in [5.41, 5.74) is 2.14. The lowest BCUT2D eigenvalue weighted by molar-refractivity contribution is -0.118. The lowest BCUT2D eigenvalue weighted by atomic mass is 10.1. The second-order valence-corrected chi connectivity index (χ2v) is 5.27. The summed E-state index contributed by atoms with van der Waals surface area (Å²) in [5.74, 6) is 1.44. The van der Waals surface area contributed by atoms with Crippen molar-refractivity contribution in [1.29, 1.82) is 0 Å². The van der Waals surface area contributed by atoms with Crippen molar-refractivity contribution in [2.24, 2.45) is 0 Å². The second-order valence-electron chi connectivity index (χ2n) is 5.27. The van der Waals surface area contributed by atoms with Gasteiger partial charge in [-0.3, -0.25) is 9.36 Å². The van der Waals surface area contributed by atoms with E-state index in [9.17, 15) is 4.79 Å². The molecular weight excluding hydrogens is 306 g/mol. The first kappa shape index (κ1) is 15.7. The summed E-state index contributed by atoms with van der Waals surface area (Å²) in [6.45, 7) is 3.87. The average Bonchev–Trinajstić information content (AvgIpc) is 3.11. The molecule has 3 aromatic rings. The maximum Gasteiger partial charge on any atom is 0.263 e. The monoisotopic (exact) mass is 323 g/mol. The van der Waals surface area contributed by atoms with Crippen LogP contribution in [-0.4, -0.2) is 32.0 Å². The number of rotatable bonds is 5. The van der Waals surface area contributed by atoms with Crippen molar-refractivity contribution in [2.45, 2.75) is 13.8 Å². The Balaban J connectivity index is 1.63. The molecule has 1 N–H and O–H groups in total. The number of imidazole rings is 1. The third-order valence-electron chi connectivity index (χ3n) is 3.60. The molecule has 0 unspecified atom stereocenters. The molecule has 0 radical (unpaired) electrons. The van der Waals surface area contributed by atoms with Crippen LogP contribution >= 0.6 is 0 Å². The molecule has 0 spiro atoms. The van der Waals surface area contributed by atoms with Crippen LogP contribution in [0.5, 0.6) is 5.75 Å². The smallest absolute Gasteiger partial charge is 0.263 e. The van der Waals surface area contributed by atoms with Crippen molar-refractivity contribution >= 4 is 11.7 Å². The number of aromatic nitrogens is 4. The fourth-order valence-electron chi connectivity index (χ4n) is 2.15. The minimum Gasteiger partial charge on any atom is -0.483 e. The Labute approximate surface area is 139 Å². The van der Waals surface area contributed by atoms with Gasteiger partial charge in [0, 0.05) is 18.5 Å².